The molecule has 31 heavy (non-hydrogen) atoms. The van der Waals surface area contributed by atoms with E-state index >= 15 is 0 Å². The topological polar surface area (TPSA) is 84.1 Å². The third-order valence-electron chi connectivity index (χ3n) is 6.11. The fourth-order valence-electron chi connectivity index (χ4n) is 4.37. The summed E-state index contributed by atoms with van der Waals surface area (Å²) in [5, 5.41) is 7.82. The van der Waals surface area contributed by atoms with Gasteiger partial charge in [0.2, 0.25) is 0 Å². The molecule has 2 aromatic carbocycles. The summed E-state index contributed by atoms with van der Waals surface area (Å²) < 4.78 is 7.41. The minimum absolute atomic E-state index is 0.0637. The molecular weight excluding hydrogens is 392 g/mol. The first-order valence-electron chi connectivity index (χ1n) is 10.6. The molecule has 5 rings (SSSR count). The van der Waals surface area contributed by atoms with Gasteiger partial charge in [-0.2, -0.15) is 5.10 Å². The molecule has 1 amide bonds. The summed E-state index contributed by atoms with van der Waals surface area (Å²) in [5.41, 5.74) is 2.39. The number of rotatable bonds is 4. The molecule has 3 heterocycles. The molecule has 0 aliphatic carbocycles. The van der Waals surface area contributed by atoms with Crippen molar-refractivity contribution >= 4 is 16.9 Å². The standard InChI is InChI=1S/C24H24N4O3/c1-16-6-2-4-8-19(16)28-22(25-26-24(28)30)14-17-10-12-27(13-11-17)23(29)21-15-18-7-3-5-9-20(18)31-21/h2-9,15,17H,10-14H2,1H3,(H,26,30). The number of amides is 1. The lowest BCUT2D eigenvalue weighted by Gasteiger charge is -2.31. The number of carbonyl (C=O) groups excluding carboxylic acids is 1. The van der Waals surface area contributed by atoms with Gasteiger partial charge in [-0.3, -0.25) is 4.79 Å². The average Bonchev–Trinajstić information content (AvgIpc) is 3.38. The van der Waals surface area contributed by atoms with Gasteiger partial charge in [0, 0.05) is 24.9 Å². The number of nitrogens with one attached hydrogen (secondary N) is 1. The van der Waals surface area contributed by atoms with Crippen molar-refractivity contribution in [2.45, 2.75) is 26.2 Å². The quantitative estimate of drug-likeness (QED) is 0.550. The summed E-state index contributed by atoms with van der Waals surface area (Å²) in [6.07, 6.45) is 2.42. The number of H-pyrrole nitrogens is 1. The Labute approximate surface area is 179 Å². The SMILES string of the molecule is Cc1ccccc1-n1c(CC2CCN(C(=O)c3cc4ccccc4o3)CC2)n[nH]c1=O. The van der Waals surface area contributed by atoms with Crippen molar-refractivity contribution in [2.24, 2.45) is 5.92 Å². The van der Waals surface area contributed by atoms with Crippen LogP contribution in [0.1, 0.15) is 34.8 Å². The van der Waals surface area contributed by atoms with Gasteiger partial charge in [-0.1, -0.05) is 36.4 Å². The Bertz CT molecular complexity index is 1260. The number of furan rings is 1. The van der Waals surface area contributed by atoms with E-state index in [2.05, 4.69) is 10.2 Å². The van der Waals surface area contributed by atoms with Gasteiger partial charge in [0.25, 0.3) is 5.91 Å². The molecule has 1 fully saturated rings. The molecular formula is C24H24N4O3. The number of aromatic amines is 1. The lowest BCUT2D eigenvalue weighted by molar-refractivity contribution is 0.0660. The predicted octanol–water partition coefficient (Wildman–Crippen LogP) is 3.71. The molecule has 0 atom stereocenters. The molecule has 1 N–H and O–H groups in total. The maximum Gasteiger partial charge on any atom is 0.347 e. The van der Waals surface area contributed by atoms with Crippen LogP contribution in [0.25, 0.3) is 16.7 Å². The fourth-order valence-corrected chi connectivity index (χ4v) is 4.37. The fraction of sp³-hybridized carbons (Fsp3) is 0.292. The second-order valence-corrected chi connectivity index (χ2v) is 8.16. The summed E-state index contributed by atoms with van der Waals surface area (Å²) in [5.74, 6) is 1.42. The Morgan fingerprint density at radius 3 is 2.65 bits per heavy atom. The number of carbonyl (C=O) groups is 1. The number of hydrogen-bond acceptors (Lipinski definition) is 4. The maximum atomic E-state index is 12.9. The van der Waals surface area contributed by atoms with Crippen molar-refractivity contribution in [3.63, 3.8) is 0 Å². The summed E-state index contributed by atoms with van der Waals surface area (Å²) in [6.45, 7) is 3.32. The van der Waals surface area contributed by atoms with Crippen molar-refractivity contribution in [2.75, 3.05) is 13.1 Å². The highest BCUT2D eigenvalue weighted by Crippen LogP contribution is 2.25. The molecule has 0 spiro atoms. The third-order valence-corrected chi connectivity index (χ3v) is 6.11. The molecule has 0 unspecified atom stereocenters. The van der Waals surface area contributed by atoms with Crippen LogP contribution in [0.15, 0.2) is 63.8 Å². The molecule has 2 aromatic heterocycles. The number of nitrogens with zero attached hydrogens (tertiary/aromatic N) is 3. The van der Waals surface area contributed by atoms with E-state index in [0.717, 1.165) is 40.9 Å². The number of hydrogen-bond donors (Lipinski definition) is 1. The second kappa shape index (κ2) is 7.91. The second-order valence-electron chi connectivity index (χ2n) is 8.16. The Balaban J connectivity index is 1.27. The van der Waals surface area contributed by atoms with Gasteiger partial charge in [0.05, 0.1) is 5.69 Å². The lowest BCUT2D eigenvalue weighted by atomic mass is 9.93. The summed E-state index contributed by atoms with van der Waals surface area (Å²) in [4.78, 5) is 27.1. The van der Waals surface area contributed by atoms with E-state index in [1.165, 1.54) is 0 Å². The van der Waals surface area contributed by atoms with Crippen molar-refractivity contribution < 1.29 is 9.21 Å². The van der Waals surface area contributed by atoms with E-state index in [9.17, 15) is 9.59 Å². The zero-order valence-electron chi connectivity index (χ0n) is 17.4. The summed E-state index contributed by atoms with van der Waals surface area (Å²) in [7, 11) is 0. The van der Waals surface area contributed by atoms with E-state index in [1.54, 1.807) is 4.57 Å². The van der Waals surface area contributed by atoms with Crippen LogP contribution in [0, 0.1) is 12.8 Å². The minimum Gasteiger partial charge on any atom is -0.451 e. The van der Waals surface area contributed by atoms with Crippen molar-refractivity contribution in [3.8, 4) is 5.69 Å². The number of piperidine rings is 1. The number of likely N-dealkylation sites (tertiary alicyclic amines) is 1. The molecule has 1 saturated heterocycles. The van der Waals surface area contributed by atoms with Gasteiger partial charge >= 0.3 is 5.69 Å². The van der Waals surface area contributed by atoms with Crippen LogP contribution in [0.5, 0.6) is 0 Å². The van der Waals surface area contributed by atoms with Crippen molar-refractivity contribution in [3.05, 3.63) is 82.2 Å². The molecule has 158 valence electrons. The molecule has 7 nitrogen and oxygen atoms in total. The first kappa shape index (κ1) is 19.4. The van der Waals surface area contributed by atoms with Gasteiger partial charge in [0.15, 0.2) is 5.76 Å². The van der Waals surface area contributed by atoms with Crippen LogP contribution in [0.2, 0.25) is 0 Å². The average molecular weight is 416 g/mol. The molecule has 0 radical (unpaired) electrons. The number of aromatic nitrogens is 3. The Hall–Kier alpha value is -3.61. The lowest BCUT2D eigenvalue weighted by Crippen LogP contribution is -2.39. The Kier molecular flexibility index (Phi) is 4.94. The van der Waals surface area contributed by atoms with Crippen LogP contribution in [-0.2, 0) is 6.42 Å². The molecule has 1 aliphatic rings. The first-order chi connectivity index (χ1) is 15.1. The zero-order valence-corrected chi connectivity index (χ0v) is 17.4. The van der Waals surface area contributed by atoms with E-state index in [0.29, 0.717) is 31.2 Å². The van der Waals surface area contributed by atoms with Gasteiger partial charge < -0.3 is 9.32 Å². The smallest absolute Gasteiger partial charge is 0.347 e. The van der Waals surface area contributed by atoms with Gasteiger partial charge in [-0.05, 0) is 49.4 Å². The highest BCUT2D eigenvalue weighted by Gasteiger charge is 2.27. The molecule has 7 heteroatoms. The molecule has 0 bridgehead atoms. The van der Waals surface area contributed by atoms with Crippen molar-refractivity contribution in [1.29, 1.82) is 0 Å². The van der Waals surface area contributed by atoms with Crippen LogP contribution in [-0.4, -0.2) is 38.7 Å². The summed E-state index contributed by atoms with van der Waals surface area (Å²) in [6, 6.07) is 17.3. The highest BCUT2D eigenvalue weighted by molar-refractivity contribution is 5.96. The van der Waals surface area contributed by atoms with Crippen LogP contribution in [0.4, 0.5) is 0 Å². The Morgan fingerprint density at radius 2 is 1.87 bits per heavy atom. The van der Waals surface area contributed by atoms with Gasteiger partial charge in [-0.15, -0.1) is 0 Å². The van der Waals surface area contributed by atoms with E-state index in [4.69, 9.17) is 4.42 Å². The van der Waals surface area contributed by atoms with Crippen molar-refractivity contribution in [1.82, 2.24) is 19.7 Å². The van der Waals surface area contributed by atoms with Gasteiger partial charge in [0.1, 0.15) is 11.4 Å². The van der Waals surface area contributed by atoms with E-state index < -0.39 is 0 Å². The first-order valence-corrected chi connectivity index (χ1v) is 10.6. The molecule has 0 saturated carbocycles. The Morgan fingerprint density at radius 1 is 1.13 bits per heavy atom. The maximum absolute atomic E-state index is 12.9. The largest absolute Gasteiger partial charge is 0.451 e. The number of fused-ring (bicyclic) bond motifs is 1. The van der Waals surface area contributed by atoms with E-state index in [-0.39, 0.29) is 11.6 Å². The third kappa shape index (κ3) is 3.67. The monoisotopic (exact) mass is 416 g/mol. The number of benzene rings is 2. The normalized spacial score (nSPS) is 14.9. The predicted molar refractivity (Wildman–Crippen MR) is 117 cm³/mol. The van der Waals surface area contributed by atoms with Gasteiger partial charge in [-0.25, -0.2) is 14.5 Å². The van der Waals surface area contributed by atoms with E-state index in [1.807, 2.05) is 66.4 Å². The minimum atomic E-state index is -0.221. The number of aryl methyl sites for hydroxylation is 1. The van der Waals surface area contributed by atoms with Crippen LogP contribution < -0.4 is 5.69 Å². The van der Waals surface area contributed by atoms with Crippen LogP contribution in [0.3, 0.4) is 0 Å². The number of para-hydroxylation sites is 2. The summed E-state index contributed by atoms with van der Waals surface area (Å²) >= 11 is 0. The zero-order chi connectivity index (χ0) is 21.4. The molecule has 1 aliphatic heterocycles. The molecule has 4 aromatic rings. The highest BCUT2D eigenvalue weighted by atomic mass is 16.3. The van der Waals surface area contributed by atoms with Crippen LogP contribution >= 0.6 is 0 Å².